The second-order valence-corrected chi connectivity index (χ2v) is 1.40. The Kier molecular flexibility index (Phi) is 4.53. The highest BCUT2D eigenvalue weighted by atomic mass is 16.1. The smallest absolute Gasteiger partial charge is 0.151 e. The molecule has 0 aliphatic heterocycles. The summed E-state index contributed by atoms with van der Waals surface area (Å²) in [7, 11) is 0. The van der Waals surface area contributed by atoms with Crippen LogP contribution >= 0.6 is 0 Å². The summed E-state index contributed by atoms with van der Waals surface area (Å²) < 4.78 is 0. The quantitative estimate of drug-likeness (QED) is 0.539. The first-order chi connectivity index (χ1) is 4.93. The van der Waals surface area contributed by atoms with Crippen LogP contribution in [0, 0.1) is 11.8 Å². The van der Waals surface area contributed by atoms with Gasteiger partial charge < -0.3 is 0 Å². The Balaban J connectivity index is 0.000000371. The summed E-state index contributed by atoms with van der Waals surface area (Å²) in [6.45, 7) is 3.50. The van der Waals surface area contributed by atoms with Crippen LogP contribution in [0.5, 0.6) is 0 Å². The molecule has 0 unspecified atom stereocenters. The van der Waals surface area contributed by atoms with Crippen LogP contribution in [0.15, 0.2) is 24.5 Å². The Bertz CT molecular complexity index is 205. The number of carbonyl (C=O) groups excluding carboxylic acids is 1. The Morgan fingerprint density at radius 2 is 2.30 bits per heavy atom. The van der Waals surface area contributed by atoms with Crippen LogP contribution < -0.4 is 0 Å². The third-order valence-electron chi connectivity index (χ3n) is 0.820. The molecule has 10 heavy (non-hydrogen) atoms. The van der Waals surface area contributed by atoms with Crippen molar-refractivity contribution >= 4 is 6.29 Å². The van der Waals surface area contributed by atoms with Crippen LogP contribution in [-0.4, -0.2) is 11.3 Å². The van der Waals surface area contributed by atoms with E-state index in [1.807, 2.05) is 0 Å². The van der Waals surface area contributed by atoms with Gasteiger partial charge in [-0.25, -0.2) is 5.26 Å². The van der Waals surface area contributed by atoms with E-state index in [0.29, 0.717) is 5.56 Å². The van der Waals surface area contributed by atoms with Gasteiger partial charge in [-0.15, -0.1) is 0 Å². The van der Waals surface area contributed by atoms with Gasteiger partial charge in [-0.1, -0.05) is 0 Å². The molecule has 1 rings (SSSR count). The molecular formula is C7H6N2O. The molecule has 1 aromatic rings. The maximum Gasteiger partial charge on any atom is 0.151 e. The minimum atomic E-state index is 0.618. The molecule has 0 amide bonds. The standard InChI is InChI=1S/C6H5NO.CHN/c8-5-6-2-1-3-7-4-6;1-2/h1-5H;1H. The molecule has 0 spiro atoms. The van der Waals surface area contributed by atoms with Gasteiger partial charge in [0.25, 0.3) is 0 Å². The van der Waals surface area contributed by atoms with E-state index >= 15 is 0 Å². The number of pyridine rings is 1. The highest BCUT2D eigenvalue weighted by molar-refractivity contribution is 5.73. The van der Waals surface area contributed by atoms with Gasteiger partial charge in [-0.2, -0.15) is 0 Å². The van der Waals surface area contributed by atoms with Crippen LogP contribution in [0.3, 0.4) is 0 Å². The Labute approximate surface area is 58.9 Å². The van der Waals surface area contributed by atoms with E-state index in [0.717, 1.165) is 6.29 Å². The molecule has 0 bridgehead atoms. The van der Waals surface area contributed by atoms with Crippen molar-refractivity contribution in [3.8, 4) is 6.57 Å². The van der Waals surface area contributed by atoms with Crippen LogP contribution in [0.1, 0.15) is 10.4 Å². The Morgan fingerprint density at radius 3 is 2.60 bits per heavy atom. The molecule has 1 heterocycles. The van der Waals surface area contributed by atoms with Crippen molar-refractivity contribution in [3.05, 3.63) is 30.1 Å². The predicted molar refractivity (Wildman–Crippen MR) is 36.3 cm³/mol. The molecular weight excluding hydrogens is 128 g/mol. The van der Waals surface area contributed by atoms with Gasteiger partial charge in [0.15, 0.2) is 6.29 Å². The summed E-state index contributed by atoms with van der Waals surface area (Å²) >= 11 is 0. The van der Waals surface area contributed by atoms with Gasteiger partial charge in [-0.05, 0) is 12.1 Å². The van der Waals surface area contributed by atoms with Gasteiger partial charge in [0, 0.05) is 24.5 Å². The zero-order valence-electron chi connectivity index (χ0n) is 5.27. The van der Waals surface area contributed by atoms with Crippen LogP contribution in [0.2, 0.25) is 0 Å². The maximum absolute atomic E-state index is 9.97. The van der Waals surface area contributed by atoms with Gasteiger partial charge in [-0.3, -0.25) is 9.78 Å². The lowest BCUT2D eigenvalue weighted by Crippen LogP contribution is -1.77. The normalized spacial score (nSPS) is 7.00. The molecule has 0 aromatic carbocycles. The SMILES string of the molecule is C#N.O=Cc1cccnc1. The Morgan fingerprint density at radius 1 is 1.60 bits per heavy atom. The van der Waals surface area contributed by atoms with E-state index < -0.39 is 0 Å². The zero-order valence-corrected chi connectivity index (χ0v) is 5.27. The molecule has 0 radical (unpaired) electrons. The van der Waals surface area contributed by atoms with Crippen molar-refractivity contribution in [2.24, 2.45) is 0 Å². The number of rotatable bonds is 1. The topological polar surface area (TPSA) is 53.8 Å². The van der Waals surface area contributed by atoms with E-state index in [4.69, 9.17) is 5.26 Å². The summed E-state index contributed by atoms with van der Waals surface area (Å²) in [6, 6.07) is 3.43. The summed E-state index contributed by atoms with van der Waals surface area (Å²) in [5, 5.41) is 6.50. The van der Waals surface area contributed by atoms with Crippen LogP contribution in [0.25, 0.3) is 0 Å². The van der Waals surface area contributed by atoms with Crippen LogP contribution in [-0.2, 0) is 0 Å². The van der Waals surface area contributed by atoms with Gasteiger partial charge in [0.05, 0.1) is 0 Å². The largest absolute Gasteiger partial charge is 0.298 e. The second-order valence-electron chi connectivity index (χ2n) is 1.40. The number of nitriles is 1. The molecule has 3 nitrogen and oxygen atoms in total. The van der Waals surface area contributed by atoms with Crippen molar-refractivity contribution in [3.63, 3.8) is 0 Å². The molecule has 0 fully saturated rings. The third-order valence-corrected chi connectivity index (χ3v) is 0.820. The van der Waals surface area contributed by atoms with E-state index in [1.54, 1.807) is 18.3 Å². The monoisotopic (exact) mass is 134 g/mol. The lowest BCUT2D eigenvalue weighted by atomic mass is 10.3. The third kappa shape index (κ3) is 2.58. The van der Waals surface area contributed by atoms with E-state index in [-0.39, 0.29) is 0 Å². The zero-order chi connectivity index (χ0) is 7.82. The lowest BCUT2D eigenvalue weighted by molar-refractivity contribution is 0.112. The summed E-state index contributed by atoms with van der Waals surface area (Å²) in [5.41, 5.74) is 0.618. The van der Waals surface area contributed by atoms with Crippen molar-refractivity contribution < 1.29 is 4.79 Å². The average molecular weight is 134 g/mol. The number of aldehydes is 1. The predicted octanol–water partition coefficient (Wildman–Crippen LogP) is 1.03. The maximum atomic E-state index is 9.97. The summed E-state index contributed by atoms with van der Waals surface area (Å²) in [4.78, 5) is 13.7. The Hall–Kier alpha value is -1.69. The summed E-state index contributed by atoms with van der Waals surface area (Å²) in [6.07, 6.45) is 3.92. The van der Waals surface area contributed by atoms with Gasteiger partial charge in [0.2, 0.25) is 0 Å². The number of hydrogen-bond donors (Lipinski definition) is 0. The van der Waals surface area contributed by atoms with Crippen molar-refractivity contribution in [1.82, 2.24) is 4.98 Å². The average Bonchev–Trinajstić information content (AvgIpc) is 2.10. The second kappa shape index (κ2) is 5.45. The molecule has 1 aromatic heterocycles. The van der Waals surface area contributed by atoms with Gasteiger partial charge >= 0.3 is 0 Å². The molecule has 50 valence electrons. The number of aromatic nitrogens is 1. The molecule has 0 saturated carbocycles. The summed E-state index contributed by atoms with van der Waals surface area (Å²) in [5.74, 6) is 0. The van der Waals surface area contributed by atoms with Crippen molar-refractivity contribution in [1.29, 1.82) is 5.26 Å². The number of hydrogen-bond acceptors (Lipinski definition) is 3. The minimum Gasteiger partial charge on any atom is -0.298 e. The molecule has 3 heteroatoms. The fourth-order valence-electron chi connectivity index (χ4n) is 0.446. The number of nitrogens with zero attached hydrogens (tertiary/aromatic N) is 2. The van der Waals surface area contributed by atoms with Crippen molar-refractivity contribution in [2.75, 3.05) is 0 Å². The first-order valence-corrected chi connectivity index (χ1v) is 2.54. The molecule has 0 aliphatic carbocycles. The first kappa shape index (κ1) is 8.31. The molecule has 0 atom stereocenters. The number of carbonyl (C=O) groups is 1. The van der Waals surface area contributed by atoms with E-state index in [9.17, 15) is 4.79 Å². The fourth-order valence-corrected chi connectivity index (χ4v) is 0.446. The molecule has 0 aliphatic rings. The van der Waals surface area contributed by atoms with Gasteiger partial charge in [0.1, 0.15) is 0 Å². The molecule has 0 saturated heterocycles. The highest BCUT2D eigenvalue weighted by Crippen LogP contribution is 1.87. The lowest BCUT2D eigenvalue weighted by Gasteiger charge is -1.81. The highest BCUT2D eigenvalue weighted by Gasteiger charge is 1.81. The van der Waals surface area contributed by atoms with Crippen molar-refractivity contribution in [2.45, 2.75) is 0 Å². The van der Waals surface area contributed by atoms with E-state index in [2.05, 4.69) is 11.6 Å². The van der Waals surface area contributed by atoms with Crippen LogP contribution in [0.4, 0.5) is 0 Å². The van der Waals surface area contributed by atoms with E-state index in [1.165, 1.54) is 6.20 Å². The molecule has 0 N–H and O–H groups in total. The minimum absolute atomic E-state index is 0.618. The first-order valence-electron chi connectivity index (χ1n) is 2.54. The fraction of sp³-hybridized carbons (Fsp3) is 0.